The standard InChI is InChI=1S/C18H19FN2O3/c1-23-17-6-5-13(19)11-16(17)18(22)20-14-3-2-4-15(12-14)21-7-9-24-10-8-21/h2-6,11-12H,7-10H2,1H3,(H,20,22). The summed E-state index contributed by atoms with van der Waals surface area (Å²) in [5.41, 5.74) is 1.83. The van der Waals surface area contributed by atoms with Gasteiger partial charge in [-0.25, -0.2) is 4.39 Å². The molecule has 0 bridgehead atoms. The van der Waals surface area contributed by atoms with Crippen molar-refractivity contribution in [1.82, 2.24) is 0 Å². The second-order valence-corrected chi connectivity index (χ2v) is 5.45. The van der Waals surface area contributed by atoms with Crippen LogP contribution in [0.5, 0.6) is 5.75 Å². The maximum Gasteiger partial charge on any atom is 0.259 e. The summed E-state index contributed by atoms with van der Waals surface area (Å²) in [5.74, 6) is -0.563. The molecule has 0 atom stereocenters. The molecular weight excluding hydrogens is 311 g/mol. The van der Waals surface area contributed by atoms with Crippen molar-refractivity contribution in [2.45, 2.75) is 0 Å². The van der Waals surface area contributed by atoms with Crippen molar-refractivity contribution in [3.05, 3.63) is 53.8 Å². The van der Waals surface area contributed by atoms with Gasteiger partial charge in [0.05, 0.1) is 25.9 Å². The van der Waals surface area contributed by atoms with E-state index in [9.17, 15) is 9.18 Å². The summed E-state index contributed by atoms with van der Waals surface area (Å²) in [4.78, 5) is 14.6. The second kappa shape index (κ2) is 7.31. The highest BCUT2D eigenvalue weighted by Gasteiger charge is 2.15. The SMILES string of the molecule is COc1ccc(F)cc1C(=O)Nc1cccc(N2CCOCC2)c1. The lowest BCUT2D eigenvalue weighted by molar-refractivity contribution is 0.102. The Morgan fingerprint density at radius 3 is 2.75 bits per heavy atom. The van der Waals surface area contributed by atoms with Gasteiger partial charge in [0, 0.05) is 24.5 Å². The van der Waals surface area contributed by atoms with Crippen molar-refractivity contribution >= 4 is 17.3 Å². The zero-order valence-electron chi connectivity index (χ0n) is 13.4. The van der Waals surface area contributed by atoms with E-state index in [-0.39, 0.29) is 5.56 Å². The Hall–Kier alpha value is -2.60. The first kappa shape index (κ1) is 16.3. The molecule has 0 unspecified atom stereocenters. The summed E-state index contributed by atoms with van der Waals surface area (Å²) >= 11 is 0. The largest absolute Gasteiger partial charge is 0.496 e. The predicted molar refractivity (Wildman–Crippen MR) is 90.4 cm³/mol. The molecule has 1 saturated heterocycles. The van der Waals surface area contributed by atoms with E-state index in [4.69, 9.17) is 9.47 Å². The third-order valence-electron chi connectivity index (χ3n) is 3.89. The van der Waals surface area contributed by atoms with Gasteiger partial charge in [0.25, 0.3) is 5.91 Å². The van der Waals surface area contributed by atoms with Crippen molar-refractivity contribution in [3.63, 3.8) is 0 Å². The van der Waals surface area contributed by atoms with Crippen LogP contribution in [0.25, 0.3) is 0 Å². The molecule has 3 rings (SSSR count). The molecule has 0 aromatic heterocycles. The number of carbonyl (C=O) groups excluding carboxylic acids is 1. The van der Waals surface area contributed by atoms with Crippen LogP contribution >= 0.6 is 0 Å². The van der Waals surface area contributed by atoms with Crippen molar-refractivity contribution in [1.29, 1.82) is 0 Å². The minimum absolute atomic E-state index is 0.161. The molecule has 6 heteroatoms. The van der Waals surface area contributed by atoms with Gasteiger partial charge in [-0.1, -0.05) is 6.07 Å². The lowest BCUT2D eigenvalue weighted by Gasteiger charge is -2.29. The van der Waals surface area contributed by atoms with Crippen LogP contribution in [0.1, 0.15) is 10.4 Å². The molecule has 126 valence electrons. The minimum Gasteiger partial charge on any atom is -0.496 e. The van der Waals surface area contributed by atoms with Gasteiger partial charge in [0.2, 0.25) is 0 Å². The van der Waals surface area contributed by atoms with Crippen molar-refractivity contribution in [2.75, 3.05) is 43.6 Å². The molecular formula is C18H19FN2O3. The number of amides is 1. The normalized spacial score (nSPS) is 14.3. The Bertz CT molecular complexity index is 730. The van der Waals surface area contributed by atoms with Crippen LogP contribution < -0.4 is 15.0 Å². The second-order valence-electron chi connectivity index (χ2n) is 5.45. The monoisotopic (exact) mass is 330 g/mol. The molecule has 2 aromatic carbocycles. The highest BCUT2D eigenvalue weighted by Crippen LogP contribution is 2.23. The number of hydrogen-bond acceptors (Lipinski definition) is 4. The fourth-order valence-electron chi connectivity index (χ4n) is 2.66. The fourth-order valence-corrected chi connectivity index (χ4v) is 2.66. The molecule has 1 N–H and O–H groups in total. The summed E-state index contributed by atoms with van der Waals surface area (Å²) in [6.45, 7) is 3.01. The summed E-state index contributed by atoms with van der Waals surface area (Å²) in [6, 6.07) is 11.4. The molecule has 1 aliphatic rings. The third kappa shape index (κ3) is 3.65. The first-order valence-electron chi connectivity index (χ1n) is 7.75. The predicted octanol–water partition coefficient (Wildman–Crippen LogP) is 2.92. The number of hydrogen-bond donors (Lipinski definition) is 1. The van der Waals surface area contributed by atoms with E-state index in [0.717, 1.165) is 18.8 Å². The first-order chi connectivity index (χ1) is 11.7. The Balaban J connectivity index is 1.78. The molecule has 1 fully saturated rings. The van der Waals surface area contributed by atoms with E-state index in [2.05, 4.69) is 10.2 Å². The molecule has 1 aliphatic heterocycles. The van der Waals surface area contributed by atoms with E-state index in [0.29, 0.717) is 24.7 Å². The molecule has 0 spiro atoms. The summed E-state index contributed by atoms with van der Waals surface area (Å²) in [5, 5.41) is 2.80. The topological polar surface area (TPSA) is 50.8 Å². The molecule has 5 nitrogen and oxygen atoms in total. The van der Waals surface area contributed by atoms with E-state index in [1.807, 2.05) is 18.2 Å². The van der Waals surface area contributed by atoms with Gasteiger partial charge in [-0.15, -0.1) is 0 Å². The quantitative estimate of drug-likeness (QED) is 0.936. The number of nitrogens with zero attached hydrogens (tertiary/aromatic N) is 1. The van der Waals surface area contributed by atoms with Crippen LogP contribution in [0, 0.1) is 5.82 Å². The van der Waals surface area contributed by atoms with Crippen LogP contribution in [0.4, 0.5) is 15.8 Å². The molecule has 0 radical (unpaired) electrons. The Labute approximate surface area is 140 Å². The summed E-state index contributed by atoms with van der Waals surface area (Å²) in [7, 11) is 1.45. The van der Waals surface area contributed by atoms with Crippen molar-refractivity contribution < 1.29 is 18.7 Å². The van der Waals surface area contributed by atoms with Crippen molar-refractivity contribution in [2.24, 2.45) is 0 Å². The van der Waals surface area contributed by atoms with Gasteiger partial charge >= 0.3 is 0 Å². The molecule has 1 heterocycles. The van der Waals surface area contributed by atoms with Gasteiger partial charge in [-0.05, 0) is 36.4 Å². The zero-order chi connectivity index (χ0) is 16.9. The van der Waals surface area contributed by atoms with Gasteiger partial charge < -0.3 is 19.7 Å². The Kier molecular flexibility index (Phi) is 4.96. The zero-order valence-corrected chi connectivity index (χ0v) is 13.4. The van der Waals surface area contributed by atoms with Crippen LogP contribution in [-0.4, -0.2) is 39.3 Å². The van der Waals surface area contributed by atoms with E-state index >= 15 is 0 Å². The number of rotatable bonds is 4. The van der Waals surface area contributed by atoms with Crippen LogP contribution in [0.2, 0.25) is 0 Å². The number of carbonyl (C=O) groups is 1. The molecule has 24 heavy (non-hydrogen) atoms. The maximum absolute atomic E-state index is 13.4. The Morgan fingerprint density at radius 2 is 2.00 bits per heavy atom. The lowest BCUT2D eigenvalue weighted by atomic mass is 10.1. The summed E-state index contributed by atoms with van der Waals surface area (Å²) < 4.78 is 23.9. The average molecular weight is 330 g/mol. The number of anilines is 2. The highest BCUT2D eigenvalue weighted by atomic mass is 19.1. The lowest BCUT2D eigenvalue weighted by Crippen LogP contribution is -2.36. The van der Waals surface area contributed by atoms with E-state index in [1.165, 1.54) is 25.3 Å². The number of nitrogens with one attached hydrogen (secondary N) is 1. The number of morpholine rings is 1. The van der Waals surface area contributed by atoms with E-state index in [1.54, 1.807) is 6.07 Å². The molecule has 0 aliphatic carbocycles. The third-order valence-corrected chi connectivity index (χ3v) is 3.89. The van der Waals surface area contributed by atoms with Crippen LogP contribution in [-0.2, 0) is 4.74 Å². The van der Waals surface area contributed by atoms with E-state index < -0.39 is 11.7 Å². The minimum atomic E-state index is -0.483. The van der Waals surface area contributed by atoms with Gasteiger partial charge in [-0.3, -0.25) is 4.79 Å². The maximum atomic E-state index is 13.4. The van der Waals surface area contributed by atoms with Gasteiger partial charge in [0.1, 0.15) is 11.6 Å². The smallest absolute Gasteiger partial charge is 0.259 e. The van der Waals surface area contributed by atoms with Crippen LogP contribution in [0.15, 0.2) is 42.5 Å². The number of benzene rings is 2. The molecule has 1 amide bonds. The van der Waals surface area contributed by atoms with Crippen LogP contribution in [0.3, 0.4) is 0 Å². The van der Waals surface area contributed by atoms with Gasteiger partial charge in [0.15, 0.2) is 0 Å². The molecule has 2 aromatic rings. The van der Waals surface area contributed by atoms with Crippen molar-refractivity contribution in [3.8, 4) is 5.75 Å². The van der Waals surface area contributed by atoms with Gasteiger partial charge in [-0.2, -0.15) is 0 Å². The molecule has 0 saturated carbocycles. The Morgan fingerprint density at radius 1 is 1.21 bits per heavy atom. The number of ether oxygens (including phenoxy) is 2. The average Bonchev–Trinajstić information content (AvgIpc) is 2.62. The number of methoxy groups -OCH3 is 1. The number of halogens is 1. The first-order valence-corrected chi connectivity index (χ1v) is 7.75. The highest BCUT2D eigenvalue weighted by molar-refractivity contribution is 6.06. The fraction of sp³-hybridized carbons (Fsp3) is 0.278. The summed E-state index contributed by atoms with van der Waals surface area (Å²) in [6.07, 6.45) is 0.